The molecule has 0 aliphatic carbocycles. The molecule has 5 atom stereocenters. The number of ether oxygens (including phenoxy) is 1. The molecule has 7 N–H and O–H groups in total. The molecule has 2 amide bonds. The highest BCUT2D eigenvalue weighted by Crippen LogP contribution is 2.59. The van der Waals surface area contributed by atoms with E-state index in [2.05, 4.69) is 20.6 Å². The number of para-hydroxylation sites is 1. The second kappa shape index (κ2) is 12.6. The topological polar surface area (TPSA) is 202 Å². The van der Waals surface area contributed by atoms with Gasteiger partial charge in [0, 0.05) is 34.0 Å². The van der Waals surface area contributed by atoms with Crippen LogP contribution in [-0.4, -0.2) is 55.4 Å². The SMILES string of the molecule is CC(C)C(N)C(=O)N[C@H]1Cc2ccc(O)c(c2)C23c4cccc(c4OC2O)-c2cccc4[nH]c(Cl)c(c24)-c2oc(nc2Cl)-c2nc(oc23)[C@H](C(C)C)NC1=O. The summed E-state index contributed by atoms with van der Waals surface area (Å²) < 4.78 is 19.8. The summed E-state index contributed by atoms with van der Waals surface area (Å²) in [5.74, 6) is -1.24. The van der Waals surface area contributed by atoms with E-state index in [1.807, 2.05) is 58.0 Å². The van der Waals surface area contributed by atoms with Gasteiger partial charge in [-0.3, -0.25) is 9.59 Å². The van der Waals surface area contributed by atoms with Crippen molar-refractivity contribution in [1.29, 1.82) is 0 Å². The zero-order chi connectivity index (χ0) is 38.7. The fourth-order valence-corrected chi connectivity index (χ4v) is 8.55. The van der Waals surface area contributed by atoms with Gasteiger partial charge in [-0.1, -0.05) is 93.4 Å². The first kappa shape index (κ1) is 35.4. The minimum atomic E-state index is -1.80. The largest absolute Gasteiger partial charge is 0.508 e. The highest BCUT2D eigenvalue weighted by atomic mass is 35.5. The molecule has 10 bridgehead atoms. The lowest BCUT2D eigenvalue weighted by molar-refractivity contribution is -0.130. The molecule has 0 saturated heterocycles. The van der Waals surface area contributed by atoms with Crippen LogP contribution in [0, 0.1) is 11.8 Å². The number of hydrogen-bond donors (Lipinski definition) is 6. The van der Waals surface area contributed by atoms with E-state index in [0.29, 0.717) is 44.5 Å². The summed E-state index contributed by atoms with van der Waals surface area (Å²) in [6.45, 7) is 7.39. The van der Waals surface area contributed by atoms with Gasteiger partial charge in [0.2, 0.25) is 24.0 Å². The number of nitrogens with two attached hydrogens (primary N) is 1. The second-order valence-corrected chi connectivity index (χ2v) is 15.7. The first-order chi connectivity index (χ1) is 26.3. The van der Waals surface area contributed by atoms with Crippen molar-refractivity contribution in [2.24, 2.45) is 17.6 Å². The number of phenolic OH excluding ortho intramolecular Hbond substituents is 1. The number of oxazole rings is 2. The Kier molecular flexibility index (Phi) is 8.10. The summed E-state index contributed by atoms with van der Waals surface area (Å²) in [6, 6.07) is 13.1. The average Bonchev–Trinajstić information content (AvgIpc) is 3.90. The lowest BCUT2D eigenvalue weighted by Crippen LogP contribution is -2.54. The number of hydrogen-bond acceptors (Lipinski definition) is 10. The molecule has 13 nitrogen and oxygen atoms in total. The molecule has 9 rings (SSSR count). The van der Waals surface area contributed by atoms with E-state index < -0.39 is 41.6 Å². The van der Waals surface area contributed by atoms with Crippen molar-refractivity contribution in [1.82, 2.24) is 25.6 Å². The lowest BCUT2D eigenvalue weighted by atomic mass is 9.70. The van der Waals surface area contributed by atoms with Crippen LogP contribution < -0.4 is 21.1 Å². The van der Waals surface area contributed by atoms with E-state index in [4.69, 9.17) is 47.5 Å². The summed E-state index contributed by atoms with van der Waals surface area (Å²) in [6.07, 6.45) is -1.70. The average molecular weight is 784 g/mol. The minimum absolute atomic E-state index is 0.0107. The second-order valence-electron chi connectivity index (χ2n) is 15.0. The van der Waals surface area contributed by atoms with E-state index >= 15 is 0 Å². The number of carbonyl (C=O) groups is 2. The molecule has 0 saturated carbocycles. The van der Waals surface area contributed by atoms with Crippen LogP contribution in [0.3, 0.4) is 0 Å². The molecule has 6 aromatic rings. The van der Waals surface area contributed by atoms with Crippen LogP contribution in [0.15, 0.2) is 63.4 Å². The van der Waals surface area contributed by atoms with Gasteiger partial charge in [-0.25, -0.2) is 4.98 Å². The maximum absolute atomic E-state index is 14.2. The Balaban J connectivity index is 1.40. The van der Waals surface area contributed by atoms with E-state index in [-0.39, 0.29) is 68.9 Å². The first-order valence-corrected chi connectivity index (χ1v) is 18.7. The quantitative estimate of drug-likeness (QED) is 0.117. The number of nitrogens with zero attached hydrogens (tertiary/aromatic N) is 2. The van der Waals surface area contributed by atoms with Gasteiger partial charge in [-0.15, -0.1) is 0 Å². The molecule has 3 aromatic heterocycles. The van der Waals surface area contributed by atoms with E-state index in [1.54, 1.807) is 18.2 Å². The zero-order valence-corrected chi connectivity index (χ0v) is 31.5. The molecule has 55 heavy (non-hydrogen) atoms. The Morgan fingerprint density at radius 1 is 1.04 bits per heavy atom. The Morgan fingerprint density at radius 3 is 2.56 bits per heavy atom. The number of aliphatic hydroxyl groups excluding tert-OH is 1. The molecular weight excluding hydrogens is 747 g/mol. The lowest BCUT2D eigenvalue weighted by Gasteiger charge is -2.32. The Bertz CT molecular complexity index is 2580. The number of aromatic amines is 1. The van der Waals surface area contributed by atoms with Crippen LogP contribution in [0.5, 0.6) is 11.5 Å². The smallest absolute Gasteiger partial charge is 0.250 e. The number of rotatable bonds is 4. The number of phenols is 1. The Labute approximate surface area is 324 Å². The first-order valence-electron chi connectivity index (χ1n) is 17.9. The molecule has 15 heteroatoms. The molecule has 3 unspecified atom stereocenters. The van der Waals surface area contributed by atoms with Crippen molar-refractivity contribution < 1.29 is 33.4 Å². The van der Waals surface area contributed by atoms with Crippen molar-refractivity contribution in [3.8, 4) is 45.5 Å². The van der Waals surface area contributed by atoms with Gasteiger partial charge in [0.05, 0.1) is 11.6 Å². The van der Waals surface area contributed by atoms with Gasteiger partial charge in [0.1, 0.15) is 34.2 Å². The monoisotopic (exact) mass is 782 g/mol. The Morgan fingerprint density at radius 2 is 1.80 bits per heavy atom. The number of benzene rings is 3. The number of halogens is 2. The fraction of sp³-hybridized carbons (Fsp3) is 0.300. The molecule has 1 spiro atoms. The van der Waals surface area contributed by atoms with Crippen LogP contribution >= 0.6 is 23.2 Å². The number of H-pyrrole nitrogens is 1. The maximum Gasteiger partial charge on any atom is 0.250 e. The van der Waals surface area contributed by atoms with E-state index in [9.17, 15) is 19.8 Å². The zero-order valence-electron chi connectivity index (χ0n) is 30.0. The number of carbonyl (C=O) groups excluding carboxylic acids is 2. The molecule has 3 aliphatic heterocycles. The number of fused-ring (bicyclic) bond motifs is 8. The van der Waals surface area contributed by atoms with Crippen LogP contribution in [-0.2, 0) is 21.4 Å². The molecular formula is C40H36Cl2N6O7. The highest BCUT2D eigenvalue weighted by Gasteiger charge is 2.58. The van der Waals surface area contributed by atoms with E-state index in [0.717, 1.165) is 0 Å². The van der Waals surface area contributed by atoms with Crippen LogP contribution in [0.25, 0.3) is 44.9 Å². The van der Waals surface area contributed by atoms with Crippen LogP contribution in [0.2, 0.25) is 10.3 Å². The van der Waals surface area contributed by atoms with E-state index in [1.165, 1.54) is 6.07 Å². The molecule has 0 radical (unpaired) electrons. The standard InChI is InChI=1S/C40H36Cl2N6O7/c1-15(2)27(43)36(51)45-23-14-17-11-12-24(49)21(13-17)40-20-9-5-8-19(30(20)54-39(40)52)18-7-6-10-22-25(18)26(33(41)44-22)31-34(42)48-38(53-31)29-32(40)55-37(47-29)28(16(3)4)46-35(23)50/h5-13,15-16,23,27-28,39,44,49,52H,14,43H2,1-4H3,(H,45,51)(H,46,50)/t23-,27?,28-,39?,40?/m0/s1. The summed E-state index contributed by atoms with van der Waals surface area (Å²) in [7, 11) is 0. The number of aromatic nitrogens is 3. The van der Waals surface area contributed by atoms with Gasteiger partial charge in [-0.2, -0.15) is 4.98 Å². The molecule has 282 valence electrons. The van der Waals surface area contributed by atoms with Crippen molar-refractivity contribution >= 4 is 45.9 Å². The molecule has 6 heterocycles. The summed E-state index contributed by atoms with van der Waals surface area (Å²) in [5.41, 5.74) is 8.06. The number of nitrogens with one attached hydrogen (secondary N) is 3. The number of amides is 2. The van der Waals surface area contributed by atoms with Gasteiger partial charge in [0.25, 0.3) is 5.89 Å². The molecule has 3 aromatic carbocycles. The van der Waals surface area contributed by atoms with Crippen molar-refractivity contribution in [2.75, 3.05) is 0 Å². The third-order valence-electron chi connectivity index (χ3n) is 10.9. The number of aromatic hydroxyl groups is 1. The highest BCUT2D eigenvalue weighted by molar-refractivity contribution is 6.37. The van der Waals surface area contributed by atoms with Crippen molar-refractivity contribution in [3.63, 3.8) is 0 Å². The molecule has 0 fully saturated rings. The predicted molar refractivity (Wildman–Crippen MR) is 204 cm³/mol. The summed E-state index contributed by atoms with van der Waals surface area (Å²) in [4.78, 5) is 40.3. The van der Waals surface area contributed by atoms with Gasteiger partial charge in [0.15, 0.2) is 22.4 Å². The van der Waals surface area contributed by atoms with Crippen molar-refractivity contribution in [2.45, 2.75) is 63.9 Å². The number of aliphatic hydroxyl groups is 1. The van der Waals surface area contributed by atoms with Gasteiger partial charge in [-0.05, 0) is 35.1 Å². The van der Waals surface area contributed by atoms with Gasteiger partial charge < -0.3 is 45.1 Å². The Hall–Kier alpha value is -5.34. The molecule has 3 aliphatic rings. The van der Waals surface area contributed by atoms with Crippen molar-refractivity contribution in [3.05, 3.63) is 93.2 Å². The normalized spacial score (nSPS) is 21.6. The summed E-state index contributed by atoms with van der Waals surface area (Å²) in [5, 5.41) is 31.2. The van der Waals surface area contributed by atoms with Crippen LogP contribution in [0.4, 0.5) is 0 Å². The summed E-state index contributed by atoms with van der Waals surface area (Å²) >= 11 is 13.8. The maximum atomic E-state index is 14.2. The predicted octanol–water partition coefficient (Wildman–Crippen LogP) is 6.35. The fourth-order valence-electron chi connectivity index (χ4n) is 8.06. The van der Waals surface area contributed by atoms with Gasteiger partial charge >= 0.3 is 0 Å². The minimum Gasteiger partial charge on any atom is -0.508 e. The van der Waals surface area contributed by atoms with Crippen LogP contribution in [0.1, 0.15) is 62.1 Å². The third kappa shape index (κ3) is 5.13. The third-order valence-corrected chi connectivity index (χ3v) is 11.5.